The summed E-state index contributed by atoms with van der Waals surface area (Å²) in [7, 11) is 0. The van der Waals surface area contributed by atoms with Gasteiger partial charge >= 0.3 is 0 Å². The Morgan fingerprint density at radius 1 is 1.18 bits per heavy atom. The SMILES string of the molecule is CC1CCC(OCC(O)CNCC2CC2)CC1. The average molecular weight is 241 g/mol. The monoisotopic (exact) mass is 241 g/mol. The normalized spacial score (nSPS) is 31.4. The summed E-state index contributed by atoms with van der Waals surface area (Å²) in [6, 6.07) is 0. The van der Waals surface area contributed by atoms with Gasteiger partial charge in [-0.2, -0.15) is 0 Å². The van der Waals surface area contributed by atoms with E-state index in [1.165, 1.54) is 38.5 Å². The first-order valence-electron chi connectivity index (χ1n) is 7.24. The van der Waals surface area contributed by atoms with Crippen LogP contribution in [0.4, 0.5) is 0 Å². The van der Waals surface area contributed by atoms with Crippen LogP contribution in [-0.4, -0.2) is 37.0 Å². The van der Waals surface area contributed by atoms with Gasteiger partial charge in [0.05, 0.1) is 18.8 Å². The van der Waals surface area contributed by atoms with Crippen LogP contribution in [0.15, 0.2) is 0 Å². The first-order valence-corrected chi connectivity index (χ1v) is 7.24. The van der Waals surface area contributed by atoms with Crippen LogP contribution in [0, 0.1) is 11.8 Å². The summed E-state index contributed by atoms with van der Waals surface area (Å²) in [5.74, 6) is 1.74. The maximum atomic E-state index is 9.78. The van der Waals surface area contributed by atoms with Crippen LogP contribution in [0.2, 0.25) is 0 Å². The topological polar surface area (TPSA) is 41.5 Å². The molecule has 0 bridgehead atoms. The highest BCUT2D eigenvalue weighted by Gasteiger charge is 2.21. The Morgan fingerprint density at radius 2 is 1.88 bits per heavy atom. The standard InChI is InChI=1S/C14H27NO2/c1-11-2-6-14(7-3-11)17-10-13(16)9-15-8-12-4-5-12/h11-16H,2-10H2,1H3. The van der Waals surface area contributed by atoms with Crippen molar-refractivity contribution in [3.63, 3.8) is 0 Å². The van der Waals surface area contributed by atoms with Crippen LogP contribution < -0.4 is 5.32 Å². The number of ether oxygens (including phenoxy) is 1. The van der Waals surface area contributed by atoms with E-state index in [0.717, 1.165) is 18.4 Å². The van der Waals surface area contributed by atoms with E-state index in [0.29, 0.717) is 19.3 Å². The van der Waals surface area contributed by atoms with Crippen molar-refractivity contribution in [2.75, 3.05) is 19.7 Å². The van der Waals surface area contributed by atoms with Crippen molar-refractivity contribution >= 4 is 0 Å². The van der Waals surface area contributed by atoms with Crippen LogP contribution >= 0.6 is 0 Å². The van der Waals surface area contributed by atoms with E-state index >= 15 is 0 Å². The second-order valence-electron chi connectivity index (χ2n) is 5.97. The molecular weight excluding hydrogens is 214 g/mol. The van der Waals surface area contributed by atoms with Gasteiger partial charge in [-0.3, -0.25) is 0 Å². The number of aliphatic hydroxyl groups is 1. The van der Waals surface area contributed by atoms with Crippen LogP contribution in [0.25, 0.3) is 0 Å². The highest BCUT2D eigenvalue weighted by molar-refractivity contribution is 4.76. The molecular formula is C14H27NO2. The lowest BCUT2D eigenvalue weighted by Crippen LogP contribution is -2.33. The first kappa shape index (κ1) is 13.3. The van der Waals surface area contributed by atoms with Crippen molar-refractivity contribution in [1.82, 2.24) is 5.32 Å². The molecule has 0 saturated heterocycles. The molecule has 0 spiro atoms. The largest absolute Gasteiger partial charge is 0.389 e. The predicted molar refractivity (Wildman–Crippen MR) is 69.0 cm³/mol. The maximum absolute atomic E-state index is 9.78. The number of rotatable bonds is 7. The Bertz CT molecular complexity index is 210. The van der Waals surface area contributed by atoms with Crippen molar-refractivity contribution in [1.29, 1.82) is 0 Å². The minimum Gasteiger partial charge on any atom is -0.389 e. The molecule has 1 atom stereocenters. The minimum absolute atomic E-state index is 0.340. The Kier molecular flexibility index (Phi) is 5.26. The van der Waals surface area contributed by atoms with Gasteiger partial charge in [0, 0.05) is 6.54 Å². The lowest BCUT2D eigenvalue weighted by atomic mass is 9.89. The third kappa shape index (κ3) is 5.36. The number of nitrogens with one attached hydrogen (secondary N) is 1. The summed E-state index contributed by atoms with van der Waals surface area (Å²) in [5.41, 5.74) is 0. The second-order valence-corrected chi connectivity index (χ2v) is 5.97. The second kappa shape index (κ2) is 6.72. The van der Waals surface area contributed by atoms with E-state index in [2.05, 4.69) is 12.2 Å². The molecule has 0 aliphatic heterocycles. The van der Waals surface area contributed by atoms with E-state index in [4.69, 9.17) is 4.74 Å². The molecule has 0 radical (unpaired) electrons. The summed E-state index contributed by atoms with van der Waals surface area (Å²) < 4.78 is 5.78. The van der Waals surface area contributed by atoms with Gasteiger partial charge in [-0.1, -0.05) is 6.92 Å². The number of aliphatic hydroxyl groups excluding tert-OH is 1. The molecule has 0 aromatic rings. The van der Waals surface area contributed by atoms with Gasteiger partial charge < -0.3 is 15.2 Å². The zero-order valence-corrected chi connectivity index (χ0v) is 11.0. The molecule has 17 heavy (non-hydrogen) atoms. The van der Waals surface area contributed by atoms with Crippen molar-refractivity contribution in [3.05, 3.63) is 0 Å². The van der Waals surface area contributed by atoms with Crippen molar-refractivity contribution in [3.8, 4) is 0 Å². The highest BCUT2D eigenvalue weighted by atomic mass is 16.5. The van der Waals surface area contributed by atoms with Crippen molar-refractivity contribution in [2.24, 2.45) is 11.8 Å². The smallest absolute Gasteiger partial charge is 0.0897 e. The molecule has 2 aliphatic carbocycles. The summed E-state index contributed by atoms with van der Waals surface area (Å²) in [5, 5.41) is 13.1. The van der Waals surface area contributed by atoms with E-state index in [1.54, 1.807) is 0 Å². The van der Waals surface area contributed by atoms with Crippen LogP contribution in [0.1, 0.15) is 45.4 Å². The van der Waals surface area contributed by atoms with Crippen LogP contribution in [-0.2, 0) is 4.74 Å². The molecule has 0 aromatic heterocycles. The number of hydrogen-bond donors (Lipinski definition) is 2. The first-order chi connectivity index (χ1) is 8.24. The molecule has 0 amide bonds. The molecule has 2 aliphatic rings. The molecule has 0 heterocycles. The lowest BCUT2D eigenvalue weighted by molar-refractivity contribution is -0.0278. The average Bonchev–Trinajstić information content (AvgIpc) is 3.12. The van der Waals surface area contributed by atoms with Gasteiger partial charge in [-0.15, -0.1) is 0 Å². The lowest BCUT2D eigenvalue weighted by Gasteiger charge is -2.27. The molecule has 3 nitrogen and oxygen atoms in total. The van der Waals surface area contributed by atoms with Crippen LogP contribution in [0.3, 0.4) is 0 Å². The Hall–Kier alpha value is -0.120. The molecule has 2 saturated carbocycles. The van der Waals surface area contributed by atoms with Crippen LogP contribution in [0.5, 0.6) is 0 Å². The summed E-state index contributed by atoms with van der Waals surface area (Å²) >= 11 is 0. The quantitative estimate of drug-likeness (QED) is 0.716. The molecule has 2 rings (SSSR count). The third-order valence-electron chi connectivity index (χ3n) is 4.00. The zero-order valence-electron chi connectivity index (χ0n) is 11.0. The molecule has 3 heteroatoms. The summed E-state index contributed by atoms with van der Waals surface area (Å²) in [6.45, 7) is 4.56. The van der Waals surface area contributed by atoms with Gasteiger partial charge in [0.1, 0.15) is 0 Å². The molecule has 100 valence electrons. The van der Waals surface area contributed by atoms with E-state index in [-0.39, 0.29) is 6.10 Å². The van der Waals surface area contributed by atoms with E-state index < -0.39 is 0 Å². The van der Waals surface area contributed by atoms with Gasteiger partial charge in [0.15, 0.2) is 0 Å². The van der Waals surface area contributed by atoms with E-state index in [1.807, 2.05) is 0 Å². The fourth-order valence-electron chi connectivity index (χ4n) is 2.48. The van der Waals surface area contributed by atoms with Crippen molar-refractivity contribution < 1.29 is 9.84 Å². The molecule has 1 unspecified atom stereocenters. The molecule has 2 N–H and O–H groups in total. The Labute approximate surface area is 105 Å². The Morgan fingerprint density at radius 3 is 2.53 bits per heavy atom. The van der Waals surface area contributed by atoms with E-state index in [9.17, 15) is 5.11 Å². The zero-order chi connectivity index (χ0) is 12.1. The van der Waals surface area contributed by atoms with Gasteiger partial charge in [0.2, 0.25) is 0 Å². The molecule has 2 fully saturated rings. The third-order valence-corrected chi connectivity index (χ3v) is 4.00. The summed E-state index contributed by atoms with van der Waals surface area (Å²) in [6.07, 6.45) is 7.67. The van der Waals surface area contributed by atoms with Gasteiger partial charge in [-0.25, -0.2) is 0 Å². The van der Waals surface area contributed by atoms with Gasteiger partial charge in [-0.05, 0) is 56.9 Å². The fraction of sp³-hybridized carbons (Fsp3) is 1.00. The number of hydrogen-bond acceptors (Lipinski definition) is 3. The molecule has 0 aromatic carbocycles. The fourth-order valence-corrected chi connectivity index (χ4v) is 2.48. The highest BCUT2D eigenvalue weighted by Crippen LogP contribution is 2.27. The van der Waals surface area contributed by atoms with Gasteiger partial charge in [0.25, 0.3) is 0 Å². The summed E-state index contributed by atoms with van der Waals surface area (Å²) in [4.78, 5) is 0. The van der Waals surface area contributed by atoms with Crippen molar-refractivity contribution in [2.45, 2.75) is 57.7 Å². The minimum atomic E-state index is -0.340. The predicted octanol–water partition coefficient (Wildman–Crippen LogP) is 1.94. The maximum Gasteiger partial charge on any atom is 0.0897 e. The Balaban J connectivity index is 1.48.